The van der Waals surface area contributed by atoms with E-state index in [0.717, 1.165) is 38.0 Å². The summed E-state index contributed by atoms with van der Waals surface area (Å²) in [6.07, 6.45) is 5.78. The van der Waals surface area contributed by atoms with Gasteiger partial charge in [0, 0.05) is 12.6 Å². The summed E-state index contributed by atoms with van der Waals surface area (Å²) in [7, 11) is 0. The number of nitrogens with one attached hydrogen (secondary N) is 1. The van der Waals surface area contributed by atoms with E-state index >= 15 is 0 Å². The molecule has 20 heavy (non-hydrogen) atoms. The molecule has 0 saturated carbocycles. The molecule has 2 nitrogen and oxygen atoms in total. The van der Waals surface area contributed by atoms with Gasteiger partial charge in [0.2, 0.25) is 0 Å². The van der Waals surface area contributed by atoms with Gasteiger partial charge >= 0.3 is 0 Å². The molecule has 2 unspecified atom stereocenters. The van der Waals surface area contributed by atoms with Crippen LogP contribution in [-0.2, 0) is 11.2 Å². The molecule has 1 aromatic rings. The molecule has 1 aliphatic rings. The topological polar surface area (TPSA) is 21.3 Å². The first-order chi connectivity index (χ1) is 9.70. The summed E-state index contributed by atoms with van der Waals surface area (Å²) in [6.45, 7) is 4.02. The summed E-state index contributed by atoms with van der Waals surface area (Å²) >= 11 is 3.26. The third-order valence-electron chi connectivity index (χ3n) is 3.76. The van der Waals surface area contributed by atoms with Gasteiger partial charge in [-0.05, 0) is 72.3 Å². The molecule has 1 N–H and O–H groups in total. The molecule has 0 spiro atoms. The highest BCUT2D eigenvalue weighted by Gasteiger charge is 2.24. The van der Waals surface area contributed by atoms with Crippen molar-refractivity contribution in [1.82, 2.24) is 5.32 Å². The third kappa shape index (κ3) is 4.54. The largest absolute Gasteiger partial charge is 0.377 e. The molecule has 1 aliphatic heterocycles. The standard InChI is InChI=1S/C16H23BrFNO/c1-2-8-19-15(16-5-3-4-9-20-16)11-12-6-7-14(18)13(17)10-12/h6-7,10,15-16,19H,2-5,8-9,11H2,1H3. The van der Waals surface area contributed by atoms with Gasteiger partial charge in [0.05, 0.1) is 10.6 Å². The Kier molecular flexibility index (Phi) is 6.46. The lowest BCUT2D eigenvalue weighted by Crippen LogP contribution is -2.44. The molecule has 0 radical (unpaired) electrons. The fourth-order valence-corrected chi connectivity index (χ4v) is 3.09. The van der Waals surface area contributed by atoms with E-state index < -0.39 is 0 Å². The van der Waals surface area contributed by atoms with Crippen LogP contribution < -0.4 is 5.32 Å². The maximum absolute atomic E-state index is 13.3. The van der Waals surface area contributed by atoms with Crippen molar-refractivity contribution in [3.8, 4) is 0 Å². The SMILES string of the molecule is CCCNC(Cc1ccc(F)c(Br)c1)C1CCCCO1. The Morgan fingerprint density at radius 2 is 2.30 bits per heavy atom. The van der Waals surface area contributed by atoms with Crippen LogP contribution in [0.3, 0.4) is 0 Å². The van der Waals surface area contributed by atoms with Crippen LogP contribution >= 0.6 is 15.9 Å². The normalized spacial score (nSPS) is 20.9. The average Bonchev–Trinajstić information content (AvgIpc) is 2.48. The van der Waals surface area contributed by atoms with E-state index in [9.17, 15) is 4.39 Å². The van der Waals surface area contributed by atoms with Crippen LogP contribution in [0, 0.1) is 5.82 Å². The number of rotatable bonds is 6. The van der Waals surface area contributed by atoms with Gasteiger partial charge in [-0.2, -0.15) is 0 Å². The second-order valence-electron chi connectivity index (χ2n) is 5.42. The minimum Gasteiger partial charge on any atom is -0.377 e. The fourth-order valence-electron chi connectivity index (χ4n) is 2.67. The Bertz CT molecular complexity index is 421. The predicted molar refractivity (Wildman–Crippen MR) is 83.5 cm³/mol. The summed E-state index contributed by atoms with van der Waals surface area (Å²) in [5.41, 5.74) is 1.14. The van der Waals surface area contributed by atoms with Crippen molar-refractivity contribution in [1.29, 1.82) is 0 Å². The Balaban J connectivity index is 2.03. The molecule has 0 aromatic heterocycles. The highest BCUT2D eigenvalue weighted by atomic mass is 79.9. The Morgan fingerprint density at radius 3 is 2.95 bits per heavy atom. The van der Waals surface area contributed by atoms with Crippen LogP contribution in [0.15, 0.2) is 22.7 Å². The van der Waals surface area contributed by atoms with Gasteiger partial charge in [-0.25, -0.2) is 4.39 Å². The number of ether oxygens (including phenoxy) is 1. The summed E-state index contributed by atoms with van der Waals surface area (Å²) in [6, 6.07) is 5.58. The van der Waals surface area contributed by atoms with Crippen molar-refractivity contribution in [3.63, 3.8) is 0 Å². The summed E-state index contributed by atoms with van der Waals surface area (Å²) in [4.78, 5) is 0. The molecule has 4 heteroatoms. The van der Waals surface area contributed by atoms with E-state index in [1.165, 1.54) is 18.9 Å². The van der Waals surface area contributed by atoms with Gasteiger partial charge in [-0.15, -0.1) is 0 Å². The zero-order valence-electron chi connectivity index (χ0n) is 12.0. The van der Waals surface area contributed by atoms with Crippen LogP contribution in [0.4, 0.5) is 4.39 Å². The molecule has 1 fully saturated rings. The van der Waals surface area contributed by atoms with Crippen molar-refractivity contribution >= 4 is 15.9 Å². The Morgan fingerprint density at radius 1 is 1.45 bits per heavy atom. The van der Waals surface area contributed by atoms with Gasteiger partial charge < -0.3 is 10.1 Å². The minimum atomic E-state index is -0.208. The fraction of sp³-hybridized carbons (Fsp3) is 0.625. The first-order valence-electron chi connectivity index (χ1n) is 7.49. The van der Waals surface area contributed by atoms with E-state index in [2.05, 4.69) is 28.2 Å². The van der Waals surface area contributed by atoms with Crippen molar-refractivity contribution in [2.75, 3.05) is 13.2 Å². The molecule has 1 saturated heterocycles. The van der Waals surface area contributed by atoms with E-state index in [4.69, 9.17) is 4.74 Å². The molecule has 112 valence electrons. The van der Waals surface area contributed by atoms with Gasteiger partial charge in [0.25, 0.3) is 0 Å². The molecule has 0 bridgehead atoms. The lowest BCUT2D eigenvalue weighted by molar-refractivity contribution is -0.00738. The zero-order valence-corrected chi connectivity index (χ0v) is 13.6. The van der Waals surface area contributed by atoms with E-state index in [0.29, 0.717) is 10.5 Å². The predicted octanol–water partition coefficient (Wildman–Crippen LogP) is 4.07. The van der Waals surface area contributed by atoms with Crippen LogP contribution in [-0.4, -0.2) is 25.3 Å². The van der Waals surface area contributed by atoms with Crippen LogP contribution in [0.2, 0.25) is 0 Å². The zero-order chi connectivity index (χ0) is 14.4. The maximum Gasteiger partial charge on any atom is 0.137 e. The highest BCUT2D eigenvalue weighted by molar-refractivity contribution is 9.10. The molecular weight excluding hydrogens is 321 g/mol. The highest BCUT2D eigenvalue weighted by Crippen LogP contribution is 2.22. The van der Waals surface area contributed by atoms with Crippen LogP contribution in [0.1, 0.15) is 38.2 Å². The molecule has 0 amide bonds. The summed E-state index contributed by atoms with van der Waals surface area (Å²) < 4.78 is 19.8. The van der Waals surface area contributed by atoms with Crippen LogP contribution in [0.5, 0.6) is 0 Å². The molecule has 1 aromatic carbocycles. The quantitative estimate of drug-likeness (QED) is 0.840. The number of hydrogen-bond donors (Lipinski definition) is 1. The second-order valence-corrected chi connectivity index (χ2v) is 6.27. The van der Waals surface area contributed by atoms with Gasteiger partial charge in [-0.3, -0.25) is 0 Å². The number of hydrogen-bond acceptors (Lipinski definition) is 2. The van der Waals surface area contributed by atoms with Crippen molar-refractivity contribution in [2.45, 2.75) is 51.2 Å². The first kappa shape index (κ1) is 15.9. The van der Waals surface area contributed by atoms with Crippen molar-refractivity contribution in [3.05, 3.63) is 34.1 Å². The van der Waals surface area contributed by atoms with Crippen LogP contribution in [0.25, 0.3) is 0 Å². The smallest absolute Gasteiger partial charge is 0.137 e. The molecule has 0 aliphatic carbocycles. The van der Waals surface area contributed by atoms with Gasteiger partial charge in [-0.1, -0.05) is 13.0 Å². The Hall–Kier alpha value is -0.450. The third-order valence-corrected chi connectivity index (χ3v) is 4.37. The van der Waals surface area contributed by atoms with Crippen molar-refractivity contribution < 1.29 is 9.13 Å². The average molecular weight is 344 g/mol. The molecule has 2 atom stereocenters. The minimum absolute atomic E-state index is 0.208. The summed E-state index contributed by atoms with van der Waals surface area (Å²) in [5, 5.41) is 3.59. The molecular formula is C16H23BrFNO. The number of halogens is 2. The lowest BCUT2D eigenvalue weighted by atomic mass is 9.96. The maximum atomic E-state index is 13.3. The van der Waals surface area contributed by atoms with Gasteiger partial charge in [0.15, 0.2) is 0 Å². The van der Waals surface area contributed by atoms with Crippen molar-refractivity contribution in [2.24, 2.45) is 0 Å². The molecule has 2 rings (SSSR count). The number of benzene rings is 1. The Labute approximate surface area is 129 Å². The first-order valence-corrected chi connectivity index (χ1v) is 8.29. The summed E-state index contributed by atoms with van der Waals surface area (Å²) in [5.74, 6) is -0.208. The lowest BCUT2D eigenvalue weighted by Gasteiger charge is -2.31. The van der Waals surface area contributed by atoms with E-state index in [1.807, 2.05) is 12.1 Å². The monoisotopic (exact) mass is 343 g/mol. The van der Waals surface area contributed by atoms with E-state index in [-0.39, 0.29) is 11.9 Å². The van der Waals surface area contributed by atoms with E-state index in [1.54, 1.807) is 0 Å². The second kappa shape index (κ2) is 8.11. The molecule has 1 heterocycles. The van der Waals surface area contributed by atoms with Gasteiger partial charge in [0.1, 0.15) is 5.82 Å².